The molecule has 0 radical (unpaired) electrons. The van der Waals surface area contributed by atoms with E-state index >= 15 is 0 Å². The summed E-state index contributed by atoms with van der Waals surface area (Å²) in [7, 11) is 0. The van der Waals surface area contributed by atoms with E-state index in [0.717, 1.165) is 47.3 Å². The van der Waals surface area contributed by atoms with Crippen molar-refractivity contribution in [2.75, 3.05) is 11.5 Å². The third-order valence-corrected chi connectivity index (χ3v) is 10.4. The van der Waals surface area contributed by atoms with Crippen LogP contribution in [0.15, 0.2) is 72.8 Å². The Labute approximate surface area is 221 Å². The lowest BCUT2D eigenvalue weighted by Gasteiger charge is -2.55. The number of alkyl halides is 2. The van der Waals surface area contributed by atoms with Crippen molar-refractivity contribution < 1.29 is 14.3 Å². The van der Waals surface area contributed by atoms with Crippen LogP contribution in [0.2, 0.25) is 0 Å². The van der Waals surface area contributed by atoms with Crippen LogP contribution in [-0.2, 0) is 18.2 Å². The summed E-state index contributed by atoms with van der Waals surface area (Å²) in [6, 6.07) is 23.6. The van der Waals surface area contributed by atoms with Crippen molar-refractivity contribution in [2.45, 2.75) is 34.8 Å². The van der Waals surface area contributed by atoms with Crippen molar-refractivity contribution in [3.63, 3.8) is 0 Å². The van der Waals surface area contributed by atoms with E-state index in [2.05, 4.69) is 63.0 Å². The summed E-state index contributed by atoms with van der Waals surface area (Å²) >= 11 is 8.08. The number of ether oxygens (including phenoxy) is 1. The Bertz CT molecular complexity index is 1210. The molecule has 178 valence electrons. The molecule has 0 saturated carbocycles. The SMILES string of the molecule is CCCCCOc1ccc(N2C(=O)[C@H]3[C@H](C2=O)C2(Br)c4ccccc4C3(Br)c3ccccc32)cc1. The summed E-state index contributed by atoms with van der Waals surface area (Å²) < 4.78 is 4.28. The van der Waals surface area contributed by atoms with Crippen LogP contribution in [0.5, 0.6) is 5.75 Å². The van der Waals surface area contributed by atoms with Crippen LogP contribution >= 0.6 is 31.9 Å². The van der Waals surface area contributed by atoms with E-state index in [9.17, 15) is 9.59 Å². The number of rotatable bonds is 6. The molecule has 1 saturated heterocycles. The van der Waals surface area contributed by atoms with Gasteiger partial charge in [0, 0.05) is 0 Å². The highest BCUT2D eigenvalue weighted by atomic mass is 79.9. The molecule has 0 N–H and O–H groups in total. The average molecular weight is 595 g/mol. The van der Waals surface area contributed by atoms with Gasteiger partial charge in [-0.25, -0.2) is 4.90 Å². The summed E-state index contributed by atoms with van der Waals surface area (Å²) in [5.41, 5.74) is 4.73. The standard InChI is InChI=1S/C29H25Br2NO3/c1-2-3-8-17-35-19-15-13-18(14-16-19)32-26(33)24-25(27(32)34)29(31)21-10-5-4-9-20(21)28(24,30)22-11-6-7-12-23(22)29/h4-7,9-16,24-25H,2-3,8,17H2,1H3/t24-,25-,28?,29?/m1/s1. The smallest absolute Gasteiger partial charge is 0.239 e. The zero-order valence-corrected chi connectivity index (χ0v) is 22.5. The lowest BCUT2D eigenvalue weighted by Crippen LogP contribution is -2.56. The molecule has 1 heterocycles. The van der Waals surface area contributed by atoms with Crippen LogP contribution in [0, 0.1) is 11.8 Å². The van der Waals surface area contributed by atoms with Gasteiger partial charge in [0.2, 0.25) is 11.8 Å². The topological polar surface area (TPSA) is 46.6 Å². The highest BCUT2D eigenvalue weighted by Crippen LogP contribution is 2.70. The van der Waals surface area contributed by atoms with Crippen molar-refractivity contribution in [2.24, 2.45) is 11.8 Å². The van der Waals surface area contributed by atoms with E-state index in [4.69, 9.17) is 4.74 Å². The Kier molecular flexibility index (Phi) is 5.46. The first-order chi connectivity index (χ1) is 16.9. The number of anilines is 1. The van der Waals surface area contributed by atoms with Gasteiger partial charge in [-0.05, 0) is 52.9 Å². The molecule has 3 aliphatic carbocycles. The van der Waals surface area contributed by atoms with Crippen LogP contribution in [0.4, 0.5) is 5.69 Å². The highest BCUT2D eigenvalue weighted by Gasteiger charge is 2.72. The maximum absolute atomic E-state index is 14.1. The fourth-order valence-electron chi connectivity index (χ4n) is 6.16. The molecule has 4 aliphatic rings. The van der Waals surface area contributed by atoms with Crippen molar-refractivity contribution in [3.05, 3.63) is 95.1 Å². The molecule has 7 rings (SSSR count). The first-order valence-electron chi connectivity index (χ1n) is 12.1. The van der Waals surface area contributed by atoms with E-state index in [1.165, 1.54) is 4.90 Å². The number of hydrogen-bond donors (Lipinski definition) is 0. The predicted octanol–water partition coefficient (Wildman–Crippen LogP) is 6.67. The summed E-state index contributed by atoms with van der Waals surface area (Å²) in [6.07, 6.45) is 3.28. The van der Waals surface area contributed by atoms with Crippen molar-refractivity contribution in [1.29, 1.82) is 0 Å². The molecule has 2 atom stereocenters. The van der Waals surface area contributed by atoms with Crippen LogP contribution in [0.3, 0.4) is 0 Å². The zero-order chi connectivity index (χ0) is 24.4. The number of carbonyl (C=O) groups is 2. The minimum atomic E-state index is -0.774. The van der Waals surface area contributed by atoms with Gasteiger partial charge in [-0.1, -0.05) is 100 Å². The van der Waals surface area contributed by atoms with E-state index in [1.54, 1.807) is 0 Å². The molecule has 3 aromatic carbocycles. The summed E-state index contributed by atoms with van der Waals surface area (Å²) in [4.78, 5) is 29.5. The van der Waals surface area contributed by atoms with Gasteiger partial charge in [0.25, 0.3) is 0 Å². The van der Waals surface area contributed by atoms with E-state index < -0.39 is 20.5 Å². The molecule has 2 amide bonds. The number of amides is 2. The monoisotopic (exact) mass is 593 g/mol. The van der Waals surface area contributed by atoms with Gasteiger partial charge < -0.3 is 4.74 Å². The second kappa shape index (κ2) is 8.31. The number of carbonyl (C=O) groups excluding carboxylic acids is 2. The van der Waals surface area contributed by atoms with E-state index in [1.807, 2.05) is 48.5 Å². The molecular formula is C29H25Br2NO3. The number of imide groups is 1. The molecule has 3 aromatic rings. The Morgan fingerprint density at radius 2 is 1.20 bits per heavy atom. The maximum Gasteiger partial charge on any atom is 0.239 e. The second-order valence-electron chi connectivity index (χ2n) is 9.53. The number of halogens is 2. The Morgan fingerprint density at radius 1 is 0.743 bits per heavy atom. The van der Waals surface area contributed by atoms with Crippen molar-refractivity contribution in [3.8, 4) is 5.75 Å². The lowest BCUT2D eigenvalue weighted by atomic mass is 9.54. The molecule has 35 heavy (non-hydrogen) atoms. The third-order valence-electron chi connectivity index (χ3n) is 7.70. The summed E-state index contributed by atoms with van der Waals surface area (Å²) in [6.45, 7) is 2.82. The fourth-order valence-corrected chi connectivity index (χ4v) is 8.46. The average Bonchev–Trinajstić information content (AvgIpc) is 3.16. The first kappa shape index (κ1) is 23.0. The van der Waals surface area contributed by atoms with Crippen LogP contribution in [0.25, 0.3) is 0 Å². The molecule has 4 nitrogen and oxygen atoms in total. The van der Waals surface area contributed by atoms with E-state index in [-0.39, 0.29) is 11.8 Å². The van der Waals surface area contributed by atoms with Gasteiger partial charge in [0.1, 0.15) is 5.75 Å². The normalized spacial score (nSPS) is 28.0. The van der Waals surface area contributed by atoms with Gasteiger partial charge in [-0.15, -0.1) is 0 Å². The van der Waals surface area contributed by atoms with Gasteiger partial charge in [-0.3, -0.25) is 9.59 Å². The summed E-state index contributed by atoms with van der Waals surface area (Å²) in [5, 5.41) is 0. The molecule has 6 heteroatoms. The Morgan fingerprint density at radius 3 is 1.63 bits per heavy atom. The first-order valence-corrected chi connectivity index (χ1v) is 13.7. The van der Waals surface area contributed by atoms with Crippen molar-refractivity contribution >= 4 is 49.4 Å². The minimum Gasteiger partial charge on any atom is -0.494 e. The molecule has 1 fully saturated rings. The number of unbranched alkanes of at least 4 members (excludes halogenated alkanes) is 2. The molecule has 0 unspecified atom stereocenters. The van der Waals surface area contributed by atoms with Crippen LogP contribution < -0.4 is 9.64 Å². The largest absolute Gasteiger partial charge is 0.494 e. The molecular weight excluding hydrogens is 570 g/mol. The third kappa shape index (κ3) is 3.02. The van der Waals surface area contributed by atoms with Crippen molar-refractivity contribution in [1.82, 2.24) is 0 Å². The van der Waals surface area contributed by atoms with Crippen LogP contribution in [-0.4, -0.2) is 18.4 Å². The maximum atomic E-state index is 14.1. The number of benzene rings is 3. The summed E-state index contributed by atoms with van der Waals surface area (Å²) in [5.74, 6) is -0.744. The second-order valence-corrected chi connectivity index (χ2v) is 12.0. The number of hydrogen-bond acceptors (Lipinski definition) is 3. The highest BCUT2D eigenvalue weighted by molar-refractivity contribution is 9.10. The predicted molar refractivity (Wildman–Crippen MR) is 143 cm³/mol. The zero-order valence-electron chi connectivity index (χ0n) is 19.3. The molecule has 2 bridgehead atoms. The Balaban J connectivity index is 1.42. The molecule has 0 spiro atoms. The van der Waals surface area contributed by atoms with Gasteiger partial charge in [0.15, 0.2) is 0 Å². The number of nitrogens with zero attached hydrogens (tertiary/aromatic N) is 1. The fraction of sp³-hybridized carbons (Fsp3) is 0.310. The van der Waals surface area contributed by atoms with Gasteiger partial charge in [-0.2, -0.15) is 0 Å². The Hall–Kier alpha value is -2.44. The van der Waals surface area contributed by atoms with Crippen LogP contribution in [0.1, 0.15) is 48.4 Å². The lowest BCUT2D eigenvalue weighted by molar-refractivity contribution is -0.122. The van der Waals surface area contributed by atoms with E-state index in [0.29, 0.717) is 12.3 Å². The van der Waals surface area contributed by atoms with Gasteiger partial charge in [0.05, 0.1) is 32.8 Å². The molecule has 1 aliphatic heterocycles. The van der Waals surface area contributed by atoms with Gasteiger partial charge >= 0.3 is 0 Å². The molecule has 0 aromatic heterocycles. The minimum absolute atomic E-state index is 0.179. The quantitative estimate of drug-likeness (QED) is 0.182.